The Morgan fingerprint density at radius 1 is 1.32 bits per heavy atom. The number of carbonyl (C=O) groups is 1. The Kier molecular flexibility index (Phi) is 7.69. The molecule has 1 amide bonds. The lowest BCUT2D eigenvalue weighted by Gasteiger charge is -2.36. The van der Waals surface area contributed by atoms with Crippen molar-refractivity contribution in [2.24, 2.45) is 5.92 Å². The summed E-state index contributed by atoms with van der Waals surface area (Å²) in [7, 11) is 1.64. The second kappa shape index (κ2) is 9.53. The molecule has 2 fully saturated rings. The van der Waals surface area contributed by atoms with Gasteiger partial charge in [-0.25, -0.2) is 0 Å². The Morgan fingerprint density at radius 2 is 2.04 bits per heavy atom. The number of ether oxygens (including phenoxy) is 2. The number of piperidine rings is 1. The third-order valence-electron chi connectivity index (χ3n) is 5.31. The Hall–Kier alpha value is -1.14. The van der Waals surface area contributed by atoms with Gasteiger partial charge in [0.15, 0.2) is 0 Å². The monoisotopic (exact) mass is 368 g/mol. The van der Waals surface area contributed by atoms with Crippen LogP contribution in [0.1, 0.15) is 37.4 Å². The highest BCUT2D eigenvalue weighted by Gasteiger charge is 2.40. The molecule has 6 heteroatoms. The molecule has 0 saturated carbocycles. The zero-order valence-electron chi connectivity index (χ0n) is 14.8. The highest BCUT2D eigenvalue weighted by atomic mass is 35.5. The van der Waals surface area contributed by atoms with Crippen molar-refractivity contribution in [3.05, 3.63) is 35.9 Å². The summed E-state index contributed by atoms with van der Waals surface area (Å²) in [5, 5.41) is 6.42. The first-order valence-corrected chi connectivity index (χ1v) is 8.96. The summed E-state index contributed by atoms with van der Waals surface area (Å²) in [5.74, 6) is 0.324. The highest BCUT2D eigenvalue weighted by Crippen LogP contribution is 2.33. The highest BCUT2D eigenvalue weighted by molar-refractivity contribution is 5.85. The number of amides is 1. The van der Waals surface area contributed by atoms with Crippen LogP contribution in [-0.2, 0) is 14.3 Å². The van der Waals surface area contributed by atoms with Crippen LogP contribution < -0.4 is 10.6 Å². The first kappa shape index (κ1) is 20.2. The molecule has 5 nitrogen and oxygen atoms in total. The predicted octanol–water partition coefficient (Wildman–Crippen LogP) is 2.46. The van der Waals surface area contributed by atoms with Gasteiger partial charge < -0.3 is 20.1 Å². The summed E-state index contributed by atoms with van der Waals surface area (Å²) in [6.45, 7) is 3.06. The van der Waals surface area contributed by atoms with E-state index in [9.17, 15) is 4.79 Å². The Labute approximate surface area is 156 Å². The molecule has 3 rings (SSSR count). The lowest BCUT2D eigenvalue weighted by Crippen LogP contribution is -2.55. The number of benzene rings is 1. The summed E-state index contributed by atoms with van der Waals surface area (Å²) >= 11 is 0. The molecule has 1 aromatic rings. The van der Waals surface area contributed by atoms with Crippen molar-refractivity contribution in [3.8, 4) is 0 Å². The van der Waals surface area contributed by atoms with E-state index < -0.39 is 5.60 Å². The van der Waals surface area contributed by atoms with Gasteiger partial charge in [-0.2, -0.15) is 0 Å². The van der Waals surface area contributed by atoms with Crippen molar-refractivity contribution in [1.82, 2.24) is 10.6 Å². The van der Waals surface area contributed by atoms with Crippen LogP contribution in [0.4, 0.5) is 0 Å². The molecule has 0 aromatic heterocycles. The van der Waals surface area contributed by atoms with Crippen LogP contribution in [0.5, 0.6) is 0 Å². The van der Waals surface area contributed by atoms with Gasteiger partial charge in [0.2, 0.25) is 0 Å². The zero-order valence-corrected chi connectivity index (χ0v) is 15.6. The standard InChI is InChI=1S/C19H28N2O3.ClH/c1-23-19(9-11-20-12-10-19)18(22)21-14-16-8-5-13-24-17(16)15-6-3-2-4-7-15;/h2-4,6-7,16-17,20H,5,8-14H2,1H3,(H,21,22);1H. The van der Waals surface area contributed by atoms with E-state index in [0.717, 1.165) is 45.4 Å². The van der Waals surface area contributed by atoms with Crippen LogP contribution in [0.15, 0.2) is 30.3 Å². The fraction of sp³-hybridized carbons (Fsp3) is 0.632. The van der Waals surface area contributed by atoms with Gasteiger partial charge in [0, 0.05) is 26.2 Å². The Bertz CT molecular complexity index is 535. The van der Waals surface area contributed by atoms with Gasteiger partial charge in [-0.3, -0.25) is 4.79 Å². The average Bonchev–Trinajstić information content (AvgIpc) is 2.67. The molecule has 1 aromatic carbocycles. The molecule has 2 heterocycles. The van der Waals surface area contributed by atoms with E-state index in [1.165, 1.54) is 5.56 Å². The normalized spacial score (nSPS) is 25.6. The third kappa shape index (κ3) is 4.73. The van der Waals surface area contributed by atoms with Crippen molar-refractivity contribution < 1.29 is 14.3 Å². The summed E-state index contributed by atoms with van der Waals surface area (Å²) in [6.07, 6.45) is 3.62. The van der Waals surface area contributed by atoms with Crippen LogP contribution >= 0.6 is 12.4 Å². The number of hydrogen-bond donors (Lipinski definition) is 2. The van der Waals surface area contributed by atoms with Gasteiger partial charge >= 0.3 is 0 Å². The predicted molar refractivity (Wildman–Crippen MR) is 100.0 cm³/mol. The number of methoxy groups -OCH3 is 1. The van der Waals surface area contributed by atoms with E-state index in [1.54, 1.807) is 7.11 Å². The molecule has 2 N–H and O–H groups in total. The topological polar surface area (TPSA) is 59.6 Å². The number of halogens is 1. The zero-order chi connectivity index (χ0) is 16.8. The van der Waals surface area contributed by atoms with E-state index in [1.807, 2.05) is 18.2 Å². The molecule has 0 radical (unpaired) electrons. The van der Waals surface area contributed by atoms with Crippen LogP contribution in [0.2, 0.25) is 0 Å². The molecule has 25 heavy (non-hydrogen) atoms. The van der Waals surface area contributed by atoms with E-state index in [4.69, 9.17) is 9.47 Å². The third-order valence-corrected chi connectivity index (χ3v) is 5.31. The molecule has 0 spiro atoms. The van der Waals surface area contributed by atoms with Gasteiger partial charge in [0.1, 0.15) is 5.60 Å². The minimum Gasteiger partial charge on any atom is -0.373 e. The largest absolute Gasteiger partial charge is 0.373 e. The molecule has 2 saturated heterocycles. The minimum absolute atomic E-state index is 0. The van der Waals surface area contributed by atoms with Crippen LogP contribution in [-0.4, -0.2) is 44.9 Å². The molecule has 2 aliphatic heterocycles. The first-order chi connectivity index (χ1) is 11.7. The average molecular weight is 369 g/mol. The molecule has 2 unspecified atom stereocenters. The maximum atomic E-state index is 12.7. The number of rotatable bonds is 5. The van der Waals surface area contributed by atoms with Crippen molar-refractivity contribution >= 4 is 18.3 Å². The summed E-state index contributed by atoms with van der Waals surface area (Å²) in [5.41, 5.74) is 0.517. The molecule has 0 aliphatic carbocycles. The fourth-order valence-corrected chi connectivity index (χ4v) is 3.80. The molecule has 2 aliphatic rings. The van der Waals surface area contributed by atoms with Gasteiger partial charge in [-0.15, -0.1) is 12.4 Å². The smallest absolute Gasteiger partial charge is 0.252 e. The maximum Gasteiger partial charge on any atom is 0.252 e. The van der Waals surface area contributed by atoms with Gasteiger partial charge in [-0.05, 0) is 44.3 Å². The number of hydrogen-bond acceptors (Lipinski definition) is 4. The molecule has 0 bridgehead atoms. The van der Waals surface area contributed by atoms with E-state index >= 15 is 0 Å². The minimum atomic E-state index is -0.678. The van der Waals surface area contributed by atoms with Crippen LogP contribution in [0, 0.1) is 5.92 Å². The lowest BCUT2D eigenvalue weighted by atomic mass is 9.88. The van der Waals surface area contributed by atoms with Gasteiger partial charge in [0.05, 0.1) is 6.10 Å². The van der Waals surface area contributed by atoms with Gasteiger partial charge in [0.25, 0.3) is 5.91 Å². The summed E-state index contributed by atoms with van der Waals surface area (Å²) in [4.78, 5) is 12.7. The quantitative estimate of drug-likeness (QED) is 0.838. The van der Waals surface area contributed by atoms with Crippen molar-refractivity contribution in [2.75, 3.05) is 33.4 Å². The van der Waals surface area contributed by atoms with Crippen molar-refractivity contribution in [1.29, 1.82) is 0 Å². The molecular weight excluding hydrogens is 340 g/mol. The first-order valence-electron chi connectivity index (χ1n) is 8.96. The van der Waals surface area contributed by atoms with Crippen molar-refractivity contribution in [2.45, 2.75) is 37.4 Å². The lowest BCUT2D eigenvalue weighted by molar-refractivity contribution is -0.147. The maximum absolute atomic E-state index is 12.7. The van der Waals surface area contributed by atoms with E-state index in [2.05, 4.69) is 22.8 Å². The van der Waals surface area contributed by atoms with Crippen LogP contribution in [0.25, 0.3) is 0 Å². The molecule has 2 atom stereocenters. The fourth-order valence-electron chi connectivity index (χ4n) is 3.80. The number of carbonyl (C=O) groups excluding carboxylic acids is 1. The number of nitrogens with one attached hydrogen (secondary N) is 2. The second-order valence-electron chi connectivity index (χ2n) is 6.76. The summed E-state index contributed by atoms with van der Waals surface area (Å²) < 4.78 is 11.6. The SMILES string of the molecule is COC1(C(=O)NCC2CCCOC2c2ccccc2)CCNCC1.Cl. The molecular formula is C19H29ClN2O3. The van der Waals surface area contributed by atoms with Crippen molar-refractivity contribution in [3.63, 3.8) is 0 Å². The van der Waals surface area contributed by atoms with Gasteiger partial charge in [-0.1, -0.05) is 30.3 Å². The Morgan fingerprint density at radius 3 is 2.72 bits per heavy atom. The summed E-state index contributed by atoms with van der Waals surface area (Å²) in [6, 6.07) is 10.3. The second-order valence-corrected chi connectivity index (χ2v) is 6.76. The van der Waals surface area contributed by atoms with Crippen LogP contribution in [0.3, 0.4) is 0 Å². The Balaban J connectivity index is 0.00000225. The molecule has 140 valence electrons. The van der Waals surface area contributed by atoms with E-state index in [-0.39, 0.29) is 24.4 Å². The van der Waals surface area contributed by atoms with E-state index in [0.29, 0.717) is 12.5 Å².